The standard InChI is InChI=1S/C12H14N2O2/c1-8-7-14(9(2)15)11-6-4-3-5-10(11)13-12(8)16/h3-6,8H,7H2,1-2H3,(H,13,16). The van der Waals surface area contributed by atoms with Crippen LogP contribution in [-0.4, -0.2) is 18.4 Å². The Kier molecular flexibility index (Phi) is 2.64. The van der Waals surface area contributed by atoms with Crippen LogP contribution in [0.25, 0.3) is 0 Å². The third-order valence-corrected chi connectivity index (χ3v) is 2.74. The van der Waals surface area contributed by atoms with E-state index in [0.29, 0.717) is 12.2 Å². The Bertz CT molecular complexity index is 442. The lowest BCUT2D eigenvalue weighted by Gasteiger charge is -2.21. The summed E-state index contributed by atoms with van der Waals surface area (Å²) in [6.45, 7) is 3.76. The number of benzene rings is 1. The summed E-state index contributed by atoms with van der Waals surface area (Å²) in [5.74, 6) is -0.289. The van der Waals surface area contributed by atoms with Crippen LogP contribution in [0.4, 0.5) is 11.4 Å². The Hall–Kier alpha value is -1.84. The van der Waals surface area contributed by atoms with Gasteiger partial charge in [-0.15, -0.1) is 0 Å². The van der Waals surface area contributed by atoms with Gasteiger partial charge in [0.25, 0.3) is 0 Å². The fourth-order valence-corrected chi connectivity index (χ4v) is 1.82. The number of para-hydroxylation sites is 2. The first-order valence-corrected chi connectivity index (χ1v) is 5.27. The SMILES string of the molecule is CC(=O)N1CC(C)C(=O)Nc2ccccc21. The van der Waals surface area contributed by atoms with Crippen LogP contribution in [0.5, 0.6) is 0 Å². The molecule has 0 saturated heterocycles. The van der Waals surface area contributed by atoms with E-state index in [0.717, 1.165) is 5.69 Å². The van der Waals surface area contributed by atoms with E-state index < -0.39 is 0 Å². The molecule has 1 unspecified atom stereocenters. The van der Waals surface area contributed by atoms with Crippen molar-refractivity contribution in [2.24, 2.45) is 5.92 Å². The Morgan fingerprint density at radius 2 is 2.12 bits per heavy atom. The topological polar surface area (TPSA) is 49.4 Å². The van der Waals surface area contributed by atoms with Gasteiger partial charge in [0.1, 0.15) is 0 Å². The highest BCUT2D eigenvalue weighted by atomic mass is 16.2. The van der Waals surface area contributed by atoms with Gasteiger partial charge in [0.2, 0.25) is 11.8 Å². The number of anilines is 2. The molecular formula is C12H14N2O2. The largest absolute Gasteiger partial charge is 0.324 e. The maximum absolute atomic E-state index is 11.7. The van der Waals surface area contributed by atoms with E-state index in [1.165, 1.54) is 6.92 Å². The molecule has 1 aromatic carbocycles. The van der Waals surface area contributed by atoms with E-state index in [1.54, 1.807) is 11.0 Å². The molecule has 4 nitrogen and oxygen atoms in total. The zero-order valence-corrected chi connectivity index (χ0v) is 9.36. The molecule has 0 spiro atoms. The van der Waals surface area contributed by atoms with Crippen molar-refractivity contribution < 1.29 is 9.59 Å². The molecule has 2 amide bonds. The minimum Gasteiger partial charge on any atom is -0.324 e. The number of nitrogens with zero attached hydrogens (tertiary/aromatic N) is 1. The van der Waals surface area contributed by atoms with Crippen molar-refractivity contribution in [2.75, 3.05) is 16.8 Å². The summed E-state index contributed by atoms with van der Waals surface area (Å²) in [4.78, 5) is 24.9. The van der Waals surface area contributed by atoms with Gasteiger partial charge < -0.3 is 10.2 Å². The van der Waals surface area contributed by atoms with Crippen LogP contribution in [0, 0.1) is 5.92 Å². The Balaban J connectivity index is 2.49. The van der Waals surface area contributed by atoms with Crippen molar-refractivity contribution in [2.45, 2.75) is 13.8 Å². The van der Waals surface area contributed by atoms with Crippen molar-refractivity contribution in [3.8, 4) is 0 Å². The maximum atomic E-state index is 11.7. The van der Waals surface area contributed by atoms with Gasteiger partial charge in [-0.3, -0.25) is 9.59 Å². The maximum Gasteiger partial charge on any atom is 0.229 e. The van der Waals surface area contributed by atoms with E-state index in [-0.39, 0.29) is 17.7 Å². The molecule has 2 rings (SSSR count). The third-order valence-electron chi connectivity index (χ3n) is 2.74. The van der Waals surface area contributed by atoms with Crippen molar-refractivity contribution in [1.29, 1.82) is 0 Å². The molecule has 0 saturated carbocycles. The van der Waals surface area contributed by atoms with Crippen LogP contribution >= 0.6 is 0 Å². The number of fused-ring (bicyclic) bond motifs is 1. The molecule has 0 aromatic heterocycles. The summed E-state index contributed by atoms with van der Waals surface area (Å²) >= 11 is 0. The fraction of sp³-hybridized carbons (Fsp3) is 0.333. The van der Waals surface area contributed by atoms with Crippen LogP contribution in [0.15, 0.2) is 24.3 Å². The monoisotopic (exact) mass is 218 g/mol. The van der Waals surface area contributed by atoms with Crippen molar-refractivity contribution in [1.82, 2.24) is 0 Å². The van der Waals surface area contributed by atoms with Crippen LogP contribution in [0.3, 0.4) is 0 Å². The number of carbonyl (C=O) groups is 2. The molecule has 0 fully saturated rings. The number of amides is 2. The number of hydrogen-bond donors (Lipinski definition) is 1. The summed E-state index contributed by atoms with van der Waals surface area (Å²) in [5, 5.41) is 2.82. The van der Waals surface area contributed by atoms with E-state index in [4.69, 9.17) is 0 Å². The Labute approximate surface area is 94.2 Å². The molecule has 1 atom stereocenters. The first-order chi connectivity index (χ1) is 7.59. The summed E-state index contributed by atoms with van der Waals surface area (Å²) in [6.07, 6.45) is 0. The molecule has 1 aliphatic heterocycles. The van der Waals surface area contributed by atoms with Gasteiger partial charge in [-0.2, -0.15) is 0 Å². The van der Waals surface area contributed by atoms with Crippen LogP contribution in [0.1, 0.15) is 13.8 Å². The second-order valence-corrected chi connectivity index (χ2v) is 4.04. The normalized spacial score (nSPS) is 19.8. The van der Waals surface area contributed by atoms with Gasteiger partial charge in [0, 0.05) is 13.5 Å². The average Bonchev–Trinajstić information content (AvgIpc) is 2.37. The van der Waals surface area contributed by atoms with E-state index in [9.17, 15) is 9.59 Å². The minimum atomic E-state index is -0.198. The minimum absolute atomic E-state index is 0.0452. The molecule has 4 heteroatoms. The molecule has 0 radical (unpaired) electrons. The van der Waals surface area contributed by atoms with Gasteiger partial charge in [-0.05, 0) is 12.1 Å². The van der Waals surface area contributed by atoms with E-state index in [2.05, 4.69) is 5.32 Å². The molecule has 0 aliphatic carbocycles. The van der Waals surface area contributed by atoms with E-state index >= 15 is 0 Å². The number of nitrogens with one attached hydrogen (secondary N) is 1. The highest BCUT2D eigenvalue weighted by molar-refractivity contribution is 6.03. The number of carbonyl (C=O) groups excluding carboxylic acids is 2. The van der Waals surface area contributed by atoms with E-state index in [1.807, 2.05) is 25.1 Å². The highest BCUT2D eigenvalue weighted by Gasteiger charge is 2.26. The zero-order valence-electron chi connectivity index (χ0n) is 9.36. The molecule has 1 aromatic rings. The molecule has 1 heterocycles. The Morgan fingerprint density at radius 3 is 2.81 bits per heavy atom. The predicted octanol–water partition coefficient (Wildman–Crippen LogP) is 1.63. The predicted molar refractivity (Wildman–Crippen MR) is 62.3 cm³/mol. The number of hydrogen-bond acceptors (Lipinski definition) is 2. The summed E-state index contributed by atoms with van der Waals surface area (Å²) in [5.41, 5.74) is 1.47. The van der Waals surface area contributed by atoms with Crippen molar-refractivity contribution in [3.05, 3.63) is 24.3 Å². The highest BCUT2D eigenvalue weighted by Crippen LogP contribution is 2.29. The van der Waals surface area contributed by atoms with Gasteiger partial charge >= 0.3 is 0 Å². The lowest BCUT2D eigenvalue weighted by atomic mass is 10.1. The molecule has 16 heavy (non-hydrogen) atoms. The Morgan fingerprint density at radius 1 is 1.44 bits per heavy atom. The second-order valence-electron chi connectivity index (χ2n) is 4.04. The van der Waals surface area contributed by atoms with Crippen molar-refractivity contribution >= 4 is 23.2 Å². The molecule has 1 aliphatic rings. The van der Waals surface area contributed by atoms with Crippen LogP contribution in [0.2, 0.25) is 0 Å². The first-order valence-electron chi connectivity index (χ1n) is 5.27. The fourth-order valence-electron chi connectivity index (χ4n) is 1.82. The van der Waals surface area contributed by atoms with Crippen molar-refractivity contribution in [3.63, 3.8) is 0 Å². The quantitative estimate of drug-likeness (QED) is 0.719. The zero-order chi connectivity index (χ0) is 11.7. The molecular weight excluding hydrogens is 204 g/mol. The molecule has 1 N–H and O–H groups in total. The van der Waals surface area contributed by atoms with Gasteiger partial charge in [0.05, 0.1) is 17.3 Å². The summed E-state index contributed by atoms with van der Waals surface area (Å²) in [7, 11) is 0. The van der Waals surface area contributed by atoms with Gasteiger partial charge in [-0.1, -0.05) is 19.1 Å². The van der Waals surface area contributed by atoms with Crippen LogP contribution in [-0.2, 0) is 9.59 Å². The number of rotatable bonds is 0. The summed E-state index contributed by atoms with van der Waals surface area (Å²) < 4.78 is 0. The smallest absolute Gasteiger partial charge is 0.229 e. The average molecular weight is 218 g/mol. The molecule has 84 valence electrons. The lowest BCUT2D eigenvalue weighted by molar-refractivity contribution is -0.119. The van der Waals surface area contributed by atoms with Gasteiger partial charge in [-0.25, -0.2) is 0 Å². The third kappa shape index (κ3) is 1.78. The second kappa shape index (κ2) is 3.96. The lowest BCUT2D eigenvalue weighted by Crippen LogP contribution is -2.34. The first kappa shape index (κ1) is 10.7. The summed E-state index contributed by atoms with van der Waals surface area (Å²) in [6, 6.07) is 7.35. The molecule has 0 bridgehead atoms. The van der Waals surface area contributed by atoms with Gasteiger partial charge in [0.15, 0.2) is 0 Å². The van der Waals surface area contributed by atoms with Crippen LogP contribution < -0.4 is 10.2 Å².